The maximum absolute atomic E-state index is 11.6. The van der Waals surface area contributed by atoms with Crippen molar-refractivity contribution in [3.63, 3.8) is 0 Å². The molecule has 18 heavy (non-hydrogen) atoms. The first-order valence-corrected chi connectivity index (χ1v) is 6.38. The van der Waals surface area contributed by atoms with E-state index in [2.05, 4.69) is 12.2 Å². The van der Waals surface area contributed by atoms with E-state index in [9.17, 15) is 4.79 Å². The molecule has 1 aromatic carbocycles. The van der Waals surface area contributed by atoms with Crippen LogP contribution in [-0.4, -0.2) is 18.6 Å². The van der Waals surface area contributed by atoms with Gasteiger partial charge in [-0.1, -0.05) is 24.9 Å². The van der Waals surface area contributed by atoms with E-state index in [1.54, 1.807) is 18.2 Å². The Labute approximate surface area is 112 Å². The van der Waals surface area contributed by atoms with Crippen molar-refractivity contribution < 1.29 is 9.53 Å². The number of ether oxygens (including phenoxy) is 1. The maximum atomic E-state index is 11.6. The summed E-state index contributed by atoms with van der Waals surface area (Å²) in [7, 11) is 0. The molecule has 4 nitrogen and oxygen atoms in total. The van der Waals surface area contributed by atoms with E-state index in [0.29, 0.717) is 16.5 Å². The number of hydrogen-bond donors (Lipinski definition) is 2. The van der Waals surface area contributed by atoms with Gasteiger partial charge in [0.25, 0.3) is 5.91 Å². The van der Waals surface area contributed by atoms with Crippen molar-refractivity contribution in [2.45, 2.75) is 32.7 Å². The van der Waals surface area contributed by atoms with Gasteiger partial charge in [0, 0.05) is 11.1 Å². The number of rotatable bonds is 6. The first-order chi connectivity index (χ1) is 8.52. The van der Waals surface area contributed by atoms with Gasteiger partial charge in [-0.3, -0.25) is 4.79 Å². The van der Waals surface area contributed by atoms with Crippen LogP contribution < -0.4 is 15.8 Å². The van der Waals surface area contributed by atoms with Crippen molar-refractivity contribution >= 4 is 23.2 Å². The number of nitrogens with two attached hydrogens (primary N) is 1. The van der Waals surface area contributed by atoms with Crippen LogP contribution in [0.25, 0.3) is 0 Å². The van der Waals surface area contributed by atoms with E-state index in [4.69, 9.17) is 22.1 Å². The van der Waals surface area contributed by atoms with Gasteiger partial charge in [0.05, 0.1) is 5.69 Å². The minimum absolute atomic E-state index is 0.0418. The van der Waals surface area contributed by atoms with Crippen LogP contribution in [-0.2, 0) is 4.79 Å². The van der Waals surface area contributed by atoms with Gasteiger partial charge in [-0.25, -0.2) is 0 Å². The fraction of sp³-hybridized carbons (Fsp3) is 0.462. The van der Waals surface area contributed by atoms with Gasteiger partial charge in [0.2, 0.25) is 0 Å². The third-order valence-corrected chi connectivity index (χ3v) is 2.69. The number of benzene rings is 1. The van der Waals surface area contributed by atoms with Crippen molar-refractivity contribution in [2.24, 2.45) is 0 Å². The van der Waals surface area contributed by atoms with E-state index in [-0.39, 0.29) is 18.6 Å². The minimum Gasteiger partial charge on any atom is -0.482 e. The number of nitrogen functional groups attached to an aromatic ring is 1. The molecular weight excluding hydrogens is 252 g/mol. The summed E-state index contributed by atoms with van der Waals surface area (Å²) in [5, 5.41) is 3.39. The summed E-state index contributed by atoms with van der Waals surface area (Å²) in [5.74, 6) is 0.322. The lowest BCUT2D eigenvalue weighted by atomic mass is 10.2. The Balaban J connectivity index is 2.42. The molecule has 1 aromatic rings. The second-order valence-electron chi connectivity index (χ2n) is 4.23. The summed E-state index contributed by atoms with van der Waals surface area (Å²) in [6.07, 6.45) is 1.99. The molecular formula is C13H19ClN2O2. The monoisotopic (exact) mass is 270 g/mol. The summed E-state index contributed by atoms with van der Waals surface area (Å²) in [4.78, 5) is 11.6. The first kappa shape index (κ1) is 14.6. The molecule has 0 aromatic heterocycles. The van der Waals surface area contributed by atoms with Crippen LogP contribution in [0.5, 0.6) is 5.75 Å². The second-order valence-corrected chi connectivity index (χ2v) is 4.66. The molecule has 0 aliphatic carbocycles. The van der Waals surface area contributed by atoms with E-state index >= 15 is 0 Å². The molecule has 0 aliphatic rings. The molecule has 1 unspecified atom stereocenters. The molecule has 0 radical (unpaired) electrons. The normalized spacial score (nSPS) is 11.9. The summed E-state index contributed by atoms with van der Waals surface area (Å²) in [6.45, 7) is 4.01. The smallest absolute Gasteiger partial charge is 0.258 e. The van der Waals surface area contributed by atoms with Gasteiger partial charge < -0.3 is 15.8 Å². The van der Waals surface area contributed by atoms with Crippen LogP contribution in [0.4, 0.5) is 5.69 Å². The lowest BCUT2D eigenvalue weighted by molar-refractivity contribution is -0.123. The number of hydrogen-bond acceptors (Lipinski definition) is 3. The highest BCUT2D eigenvalue weighted by atomic mass is 35.5. The van der Waals surface area contributed by atoms with E-state index in [0.717, 1.165) is 12.8 Å². The van der Waals surface area contributed by atoms with Crippen LogP contribution in [0.15, 0.2) is 18.2 Å². The van der Waals surface area contributed by atoms with Crippen molar-refractivity contribution in [2.75, 3.05) is 12.3 Å². The molecule has 100 valence electrons. The van der Waals surface area contributed by atoms with E-state index < -0.39 is 0 Å². The van der Waals surface area contributed by atoms with Gasteiger partial charge in [0.1, 0.15) is 5.75 Å². The Hall–Kier alpha value is -1.42. The molecule has 0 saturated heterocycles. The summed E-state index contributed by atoms with van der Waals surface area (Å²) < 4.78 is 5.34. The average Bonchev–Trinajstić information content (AvgIpc) is 2.28. The van der Waals surface area contributed by atoms with Crippen LogP contribution in [0.1, 0.15) is 26.7 Å². The van der Waals surface area contributed by atoms with Crippen molar-refractivity contribution in [1.29, 1.82) is 0 Å². The van der Waals surface area contributed by atoms with Gasteiger partial charge in [0.15, 0.2) is 6.61 Å². The molecule has 1 atom stereocenters. The molecule has 1 amide bonds. The highest BCUT2D eigenvalue weighted by molar-refractivity contribution is 6.30. The Morgan fingerprint density at radius 2 is 2.28 bits per heavy atom. The van der Waals surface area contributed by atoms with Crippen LogP contribution in [0.2, 0.25) is 5.02 Å². The van der Waals surface area contributed by atoms with Crippen molar-refractivity contribution in [3.8, 4) is 5.75 Å². The highest BCUT2D eigenvalue weighted by Crippen LogP contribution is 2.24. The Morgan fingerprint density at radius 1 is 1.56 bits per heavy atom. The Kier molecular flexibility index (Phi) is 5.78. The molecule has 0 fully saturated rings. The van der Waals surface area contributed by atoms with Crippen LogP contribution in [0.3, 0.4) is 0 Å². The zero-order valence-electron chi connectivity index (χ0n) is 10.7. The van der Waals surface area contributed by atoms with Gasteiger partial charge in [-0.2, -0.15) is 0 Å². The molecule has 5 heteroatoms. The summed E-state index contributed by atoms with van der Waals surface area (Å²) >= 11 is 5.77. The van der Waals surface area contributed by atoms with Gasteiger partial charge in [-0.15, -0.1) is 0 Å². The van der Waals surface area contributed by atoms with E-state index in [1.165, 1.54) is 0 Å². The predicted octanol–water partition coefficient (Wildman–Crippen LogP) is 2.61. The molecule has 0 heterocycles. The fourth-order valence-corrected chi connectivity index (χ4v) is 1.80. The molecule has 3 N–H and O–H groups in total. The number of anilines is 1. The third-order valence-electron chi connectivity index (χ3n) is 2.46. The standard InChI is InChI=1S/C13H19ClN2O2/c1-3-4-9(2)16-13(17)8-18-12-6-5-10(14)7-11(12)15/h5-7,9H,3-4,8,15H2,1-2H3,(H,16,17). The van der Waals surface area contributed by atoms with E-state index in [1.807, 2.05) is 6.92 Å². The van der Waals surface area contributed by atoms with Gasteiger partial charge in [-0.05, 0) is 31.5 Å². The quantitative estimate of drug-likeness (QED) is 0.781. The highest BCUT2D eigenvalue weighted by Gasteiger charge is 2.08. The number of nitrogens with one attached hydrogen (secondary N) is 1. The van der Waals surface area contributed by atoms with Crippen LogP contribution in [0, 0.1) is 0 Å². The number of halogens is 1. The van der Waals surface area contributed by atoms with Crippen molar-refractivity contribution in [1.82, 2.24) is 5.32 Å². The van der Waals surface area contributed by atoms with Gasteiger partial charge >= 0.3 is 0 Å². The first-order valence-electron chi connectivity index (χ1n) is 6.00. The Morgan fingerprint density at radius 3 is 2.89 bits per heavy atom. The number of carbonyl (C=O) groups is 1. The molecule has 0 bridgehead atoms. The zero-order chi connectivity index (χ0) is 13.5. The van der Waals surface area contributed by atoms with Crippen LogP contribution >= 0.6 is 11.6 Å². The SMILES string of the molecule is CCCC(C)NC(=O)COc1ccc(Cl)cc1N. The summed E-state index contributed by atoms with van der Waals surface area (Å²) in [6, 6.07) is 5.08. The predicted molar refractivity (Wildman–Crippen MR) is 73.9 cm³/mol. The lowest BCUT2D eigenvalue weighted by Crippen LogP contribution is -2.36. The average molecular weight is 271 g/mol. The lowest BCUT2D eigenvalue weighted by Gasteiger charge is -2.13. The molecule has 0 aliphatic heterocycles. The summed E-state index contributed by atoms with van der Waals surface area (Å²) in [5.41, 5.74) is 6.14. The zero-order valence-corrected chi connectivity index (χ0v) is 11.5. The van der Waals surface area contributed by atoms with Crippen molar-refractivity contribution in [3.05, 3.63) is 23.2 Å². The topological polar surface area (TPSA) is 64.3 Å². The molecule has 1 rings (SSSR count). The minimum atomic E-state index is -0.148. The second kappa shape index (κ2) is 7.11. The fourth-order valence-electron chi connectivity index (χ4n) is 1.62. The molecule has 0 spiro atoms. The maximum Gasteiger partial charge on any atom is 0.258 e. The number of carbonyl (C=O) groups excluding carboxylic acids is 1. The third kappa shape index (κ3) is 4.84. The number of amides is 1. The Bertz CT molecular complexity index is 410. The molecule has 0 saturated carbocycles. The largest absolute Gasteiger partial charge is 0.482 e.